The van der Waals surface area contributed by atoms with E-state index >= 15 is 0 Å². The Labute approximate surface area is 130 Å². The molecule has 2 aromatic carbocycles. The first-order valence-corrected chi connectivity index (χ1v) is 8.09. The van der Waals surface area contributed by atoms with Crippen molar-refractivity contribution < 1.29 is 18.3 Å². The molecule has 0 N–H and O–H groups in total. The van der Waals surface area contributed by atoms with E-state index in [4.69, 9.17) is 4.74 Å². The number of rotatable bonds is 2. The first kappa shape index (κ1) is 13.8. The van der Waals surface area contributed by atoms with Gasteiger partial charge in [-0.15, -0.1) is 11.8 Å². The molecule has 1 aliphatic heterocycles. The summed E-state index contributed by atoms with van der Waals surface area (Å²) in [6, 6.07) is 5.01. The summed E-state index contributed by atoms with van der Waals surface area (Å²) in [7, 11) is 0. The molecule has 0 fully saturated rings. The molecule has 0 saturated heterocycles. The van der Waals surface area contributed by atoms with Crippen LogP contribution in [-0.4, -0.2) is 11.5 Å². The van der Waals surface area contributed by atoms with Gasteiger partial charge in [-0.3, -0.25) is 4.79 Å². The number of fused-ring (bicyclic) bond motifs is 3. The molecule has 2 aliphatic rings. The van der Waals surface area contributed by atoms with E-state index in [0.29, 0.717) is 18.6 Å². The maximum atomic E-state index is 13.3. The molecule has 4 rings (SSSR count). The van der Waals surface area contributed by atoms with Crippen LogP contribution in [0.3, 0.4) is 0 Å². The Hall–Kier alpha value is -1.88. The molecule has 1 aliphatic carbocycles. The van der Waals surface area contributed by atoms with Crippen LogP contribution in [0.4, 0.5) is 8.78 Å². The number of ketones is 1. The van der Waals surface area contributed by atoms with Crippen molar-refractivity contribution in [2.45, 2.75) is 24.2 Å². The van der Waals surface area contributed by atoms with Crippen LogP contribution in [0.1, 0.15) is 27.9 Å². The number of hydrogen-bond acceptors (Lipinski definition) is 3. The number of ether oxygens (including phenoxy) is 1. The molecule has 0 amide bonds. The number of benzene rings is 2. The number of halogens is 2. The zero-order chi connectivity index (χ0) is 15.3. The van der Waals surface area contributed by atoms with Gasteiger partial charge in [0, 0.05) is 46.4 Å². The van der Waals surface area contributed by atoms with Crippen LogP contribution in [0.15, 0.2) is 29.2 Å². The molecule has 112 valence electrons. The van der Waals surface area contributed by atoms with Gasteiger partial charge in [-0.1, -0.05) is 0 Å². The number of carbonyl (C=O) groups excluding carboxylic acids is 1. The van der Waals surface area contributed by atoms with Gasteiger partial charge in [-0.25, -0.2) is 8.78 Å². The van der Waals surface area contributed by atoms with Gasteiger partial charge >= 0.3 is 0 Å². The Balaban J connectivity index is 1.81. The molecule has 2 aromatic rings. The lowest BCUT2D eigenvalue weighted by atomic mass is 10.0. The van der Waals surface area contributed by atoms with Crippen LogP contribution in [0.5, 0.6) is 11.5 Å². The predicted octanol–water partition coefficient (Wildman–Crippen LogP) is 4.53. The fourth-order valence-electron chi connectivity index (χ4n) is 3.06. The maximum Gasteiger partial charge on any atom is 0.164 e. The molecule has 0 bridgehead atoms. The van der Waals surface area contributed by atoms with E-state index in [1.807, 2.05) is 6.07 Å². The third kappa shape index (κ3) is 2.20. The van der Waals surface area contributed by atoms with Crippen molar-refractivity contribution in [3.05, 3.63) is 52.6 Å². The van der Waals surface area contributed by atoms with Crippen molar-refractivity contribution in [3.8, 4) is 11.5 Å². The van der Waals surface area contributed by atoms with Gasteiger partial charge in [0.1, 0.15) is 23.1 Å². The Morgan fingerprint density at radius 1 is 1.00 bits per heavy atom. The SMILES string of the molecule is O=C1CCc2c(Oc3cc(F)cc(F)c3)cc3c(c21)SCC3. The smallest absolute Gasteiger partial charge is 0.164 e. The molecule has 0 aromatic heterocycles. The van der Waals surface area contributed by atoms with Gasteiger partial charge < -0.3 is 4.74 Å². The van der Waals surface area contributed by atoms with E-state index in [-0.39, 0.29) is 11.5 Å². The van der Waals surface area contributed by atoms with E-state index < -0.39 is 11.6 Å². The average Bonchev–Trinajstić information content (AvgIpc) is 3.04. The minimum absolute atomic E-state index is 0.115. The number of Topliss-reactive ketones (excluding diaryl/α,β-unsaturated/α-hetero) is 1. The summed E-state index contributed by atoms with van der Waals surface area (Å²) in [6.45, 7) is 0. The lowest BCUT2D eigenvalue weighted by Crippen LogP contribution is -1.99. The third-order valence-electron chi connectivity index (χ3n) is 3.99. The Morgan fingerprint density at radius 2 is 1.77 bits per heavy atom. The van der Waals surface area contributed by atoms with Crippen LogP contribution in [0.25, 0.3) is 0 Å². The largest absolute Gasteiger partial charge is 0.457 e. The summed E-state index contributed by atoms with van der Waals surface area (Å²) in [6.07, 6.45) is 1.98. The van der Waals surface area contributed by atoms with Gasteiger partial charge in [0.15, 0.2) is 5.78 Å². The summed E-state index contributed by atoms with van der Waals surface area (Å²) in [5.41, 5.74) is 2.71. The Kier molecular flexibility index (Phi) is 3.18. The topological polar surface area (TPSA) is 26.3 Å². The minimum atomic E-state index is -0.681. The van der Waals surface area contributed by atoms with Gasteiger partial charge in [-0.05, 0) is 24.5 Å². The lowest BCUT2D eigenvalue weighted by molar-refractivity contribution is 0.0992. The van der Waals surface area contributed by atoms with Gasteiger partial charge in [0.2, 0.25) is 0 Å². The van der Waals surface area contributed by atoms with Gasteiger partial charge in [-0.2, -0.15) is 0 Å². The minimum Gasteiger partial charge on any atom is -0.457 e. The van der Waals surface area contributed by atoms with Crippen molar-refractivity contribution in [2.75, 3.05) is 5.75 Å². The number of thioether (sulfide) groups is 1. The van der Waals surface area contributed by atoms with Crippen LogP contribution >= 0.6 is 11.8 Å². The van der Waals surface area contributed by atoms with Crippen molar-refractivity contribution in [2.24, 2.45) is 0 Å². The highest BCUT2D eigenvalue weighted by molar-refractivity contribution is 7.99. The predicted molar refractivity (Wildman–Crippen MR) is 80.0 cm³/mol. The molecule has 0 radical (unpaired) electrons. The average molecular weight is 318 g/mol. The van der Waals surface area contributed by atoms with E-state index in [1.54, 1.807) is 11.8 Å². The van der Waals surface area contributed by atoms with Crippen LogP contribution in [-0.2, 0) is 12.8 Å². The molecule has 1 heterocycles. The van der Waals surface area contributed by atoms with Crippen molar-refractivity contribution in [3.63, 3.8) is 0 Å². The second-order valence-electron chi connectivity index (χ2n) is 5.45. The van der Waals surface area contributed by atoms with Crippen molar-refractivity contribution >= 4 is 17.5 Å². The monoisotopic (exact) mass is 318 g/mol. The summed E-state index contributed by atoms with van der Waals surface area (Å²) in [4.78, 5) is 13.2. The maximum absolute atomic E-state index is 13.3. The van der Waals surface area contributed by atoms with E-state index in [9.17, 15) is 13.6 Å². The fraction of sp³-hybridized carbons (Fsp3) is 0.235. The highest BCUT2D eigenvalue weighted by atomic mass is 32.2. The molecule has 0 atom stereocenters. The summed E-state index contributed by atoms with van der Waals surface area (Å²) < 4.78 is 32.3. The zero-order valence-corrected chi connectivity index (χ0v) is 12.4. The second-order valence-corrected chi connectivity index (χ2v) is 6.55. The van der Waals surface area contributed by atoms with Crippen molar-refractivity contribution in [1.82, 2.24) is 0 Å². The molecule has 22 heavy (non-hydrogen) atoms. The first-order chi connectivity index (χ1) is 10.6. The zero-order valence-electron chi connectivity index (χ0n) is 11.6. The highest BCUT2D eigenvalue weighted by Crippen LogP contribution is 2.45. The number of hydrogen-bond donors (Lipinski definition) is 0. The molecule has 2 nitrogen and oxygen atoms in total. The Morgan fingerprint density at radius 3 is 2.55 bits per heavy atom. The van der Waals surface area contributed by atoms with E-state index in [0.717, 1.165) is 52.0 Å². The molecular formula is C17H12F2O2S. The summed E-state index contributed by atoms with van der Waals surface area (Å²) >= 11 is 1.70. The first-order valence-electron chi connectivity index (χ1n) is 7.10. The molecular weight excluding hydrogens is 306 g/mol. The second kappa shape index (κ2) is 5.09. The van der Waals surface area contributed by atoms with Gasteiger partial charge in [0.25, 0.3) is 0 Å². The highest BCUT2D eigenvalue weighted by Gasteiger charge is 2.31. The summed E-state index contributed by atoms with van der Waals surface area (Å²) in [5, 5.41) is 0. The number of aryl methyl sites for hydroxylation is 1. The summed E-state index contributed by atoms with van der Waals surface area (Å²) in [5.74, 6) is 0.389. The standard InChI is InChI=1S/C17H12F2O2S/c18-10-6-11(19)8-12(7-10)21-15-5-9-3-4-22-17(9)16-13(15)1-2-14(16)20/h5-8H,1-4H2. The molecule has 0 unspecified atom stereocenters. The quantitative estimate of drug-likeness (QED) is 0.813. The van der Waals surface area contributed by atoms with E-state index in [2.05, 4.69) is 0 Å². The van der Waals surface area contributed by atoms with E-state index in [1.165, 1.54) is 0 Å². The van der Waals surface area contributed by atoms with Crippen LogP contribution in [0.2, 0.25) is 0 Å². The fourth-order valence-corrected chi connectivity index (χ4v) is 4.31. The van der Waals surface area contributed by atoms with Crippen molar-refractivity contribution in [1.29, 1.82) is 0 Å². The third-order valence-corrected chi connectivity index (χ3v) is 5.15. The van der Waals surface area contributed by atoms with Gasteiger partial charge in [0.05, 0.1) is 0 Å². The van der Waals surface area contributed by atoms with Crippen LogP contribution in [0, 0.1) is 11.6 Å². The number of carbonyl (C=O) groups is 1. The molecule has 0 saturated carbocycles. The van der Waals surface area contributed by atoms with Crippen LogP contribution < -0.4 is 4.74 Å². The molecule has 5 heteroatoms. The Bertz CT molecular complexity index is 781. The molecule has 0 spiro atoms. The normalized spacial score (nSPS) is 15.8. The lowest BCUT2D eigenvalue weighted by Gasteiger charge is -2.13.